The van der Waals surface area contributed by atoms with Gasteiger partial charge in [0.2, 0.25) is 10.0 Å². The molecule has 2 aromatic carbocycles. The molecule has 1 aromatic heterocycles. The number of nitrogens with two attached hydrogens (primary N) is 1. The van der Waals surface area contributed by atoms with Crippen LogP contribution in [0.25, 0.3) is 11.1 Å². The molecule has 3 rings (SSSR count). The van der Waals surface area contributed by atoms with E-state index in [0.717, 1.165) is 15.9 Å². The highest BCUT2D eigenvalue weighted by atomic mass is 127. The Hall–Kier alpha value is -1.96. The number of nitrogens with zero attached hydrogens (tertiary/aromatic N) is 1. The van der Waals surface area contributed by atoms with Gasteiger partial charge in [-0.3, -0.25) is 0 Å². The third-order valence-electron chi connectivity index (χ3n) is 3.51. The van der Waals surface area contributed by atoms with Crippen LogP contribution in [0, 0.1) is 15.2 Å². The summed E-state index contributed by atoms with van der Waals surface area (Å²) in [5.74, 6) is -3.87. The lowest BCUT2D eigenvalue weighted by atomic mass is 10.1. The van der Waals surface area contributed by atoms with Crippen molar-refractivity contribution in [3.63, 3.8) is 0 Å². The number of rotatable bonds is 4. The fourth-order valence-electron chi connectivity index (χ4n) is 2.28. The number of primary sulfonamides is 1. The Kier molecular flexibility index (Phi) is 5.29. The van der Waals surface area contributed by atoms with Crippen LogP contribution >= 0.6 is 34.2 Å². The molecule has 0 fully saturated rings. The van der Waals surface area contributed by atoms with Gasteiger partial charge in [-0.25, -0.2) is 22.3 Å². The van der Waals surface area contributed by atoms with E-state index >= 15 is 0 Å². The van der Waals surface area contributed by atoms with Crippen molar-refractivity contribution >= 4 is 55.6 Å². The van der Waals surface area contributed by atoms with Crippen molar-refractivity contribution in [2.75, 3.05) is 5.32 Å². The van der Waals surface area contributed by atoms with E-state index in [1.54, 1.807) is 12.1 Å². The minimum absolute atomic E-state index is 0.178. The molecule has 12 heteroatoms. The summed E-state index contributed by atoms with van der Waals surface area (Å²) in [5.41, 5.74) is -0.688. The van der Waals surface area contributed by atoms with Gasteiger partial charge in [0.25, 0.3) is 5.88 Å². The zero-order chi connectivity index (χ0) is 19.9. The van der Waals surface area contributed by atoms with E-state index in [1.807, 2.05) is 22.6 Å². The van der Waals surface area contributed by atoms with Gasteiger partial charge in [0.1, 0.15) is 11.2 Å². The first-order valence-corrected chi connectivity index (χ1v) is 10.0. The Morgan fingerprint density at radius 3 is 2.48 bits per heavy atom. The van der Waals surface area contributed by atoms with Crippen LogP contribution < -0.4 is 10.5 Å². The molecule has 0 saturated heterocycles. The van der Waals surface area contributed by atoms with Crippen LogP contribution in [0.1, 0.15) is 0 Å². The molecule has 27 heavy (non-hydrogen) atoms. The first kappa shape index (κ1) is 19.8. The van der Waals surface area contributed by atoms with Gasteiger partial charge in [-0.2, -0.15) is 0 Å². The van der Waals surface area contributed by atoms with Crippen LogP contribution in [0.15, 0.2) is 39.9 Å². The third kappa shape index (κ3) is 3.85. The van der Waals surface area contributed by atoms with Gasteiger partial charge < -0.3 is 14.9 Å². The van der Waals surface area contributed by atoms with Crippen molar-refractivity contribution in [1.29, 1.82) is 0 Å². The van der Waals surface area contributed by atoms with Crippen molar-refractivity contribution in [3.05, 3.63) is 50.8 Å². The first-order valence-electron chi connectivity index (χ1n) is 7.00. The van der Waals surface area contributed by atoms with Crippen molar-refractivity contribution in [2.24, 2.45) is 5.14 Å². The van der Waals surface area contributed by atoms with Crippen LogP contribution in [-0.2, 0) is 10.0 Å². The first-order chi connectivity index (χ1) is 12.6. The summed E-state index contributed by atoms with van der Waals surface area (Å²) in [5, 5.41) is 20.8. The van der Waals surface area contributed by atoms with Crippen LogP contribution in [0.3, 0.4) is 0 Å². The number of benzene rings is 2. The molecule has 0 aliphatic rings. The maximum Gasteiger partial charge on any atom is 0.259 e. The van der Waals surface area contributed by atoms with Crippen molar-refractivity contribution < 1.29 is 26.8 Å². The van der Waals surface area contributed by atoms with Crippen LogP contribution in [0.5, 0.6) is 5.88 Å². The standard InChI is InChI=1S/C15H9ClF2IN3O4S/c16-9-3-6(19)1-2-10(9)21-14-7(8-5-26-22-15(8)23)4-11(27(20,24)25)12(17)13(14)18/h1-5,21H,(H,22,23)(H2,20,24,25). The average molecular weight is 528 g/mol. The maximum absolute atomic E-state index is 14.7. The number of nitrogens with one attached hydrogen (secondary N) is 1. The molecule has 0 aliphatic heterocycles. The van der Waals surface area contributed by atoms with Gasteiger partial charge in [0.05, 0.1) is 22.0 Å². The van der Waals surface area contributed by atoms with Crippen molar-refractivity contribution in [2.45, 2.75) is 4.90 Å². The van der Waals surface area contributed by atoms with Gasteiger partial charge in [-0.05, 0) is 52.0 Å². The topological polar surface area (TPSA) is 118 Å². The van der Waals surface area contributed by atoms with E-state index in [4.69, 9.17) is 16.7 Å². The third-order valence-corrected chi connectivity index (χ3v) is 5.41. The van der Waals surface area contributed by atoms with E-state index in [2.05, 4.69) is 15.0 Å². The van der Waals surface area contributed by atoms with Crippen LogP contribution in [0.2, 0.25) is 5.02 Å². The fraction of sp³-hybridized carbons (Fsp3) is 0. The molecular formula is C15H9ClF2IN3O4S. The summed E-state index contributed by atoms with van der Waals surface area (Å²) in [6.45, 7) is 0. The Morgan fingerprint density at radius 1 is 1.22 bits per heavy atom. The Bertz CT molecular complexity index is 1150. The number of halogens is 4. The molecule has 0 saturated carbocycles. The van der Waals surface area contributed by atoms with Gasteiger partial charge in [0, 0.05) is 9.13 Å². The summed E-state index contributed by atoms with van der Waals surface area (Å²) in [6.07, 6.45) is 0.940. The second-order valence-corrected chi connectivity index (χ2v) is 8.45. The summed E-state index contributed by atoms with van der Waals surface area (Å²) >= 11 is 8.12. The normalized spacial score (nSPS) is 11.6. The molecule has 0 amide bonds. The molecule has 142 valence electrons. The quantitative estimate of drug-likeness (QED) is 0.442. The number of anilines is 2. The predicted octanol–water partition coefficient (Wildman–Crippen LogP) is 3.97. The highest BCUT2D eigenvalue weighted by molar-refractivity contribution is 14.1. The molecular weight excluding hydrogens is 519 g/mol. The summed E-state index contributed by atoms with van der Waals surface area (Å²) in [4.78, 5) is -1.09. The van der Waals surface area contributed by atoms with Gasteiger partial charge in [0.15, 0.2) is 11.6 Å². The molecule has 0 spiro atoms. The lowest BCUT2D eigenvalue weighted by molar-refractivity contribution is 0.359. The molecule has 1 heterocycles. The average Bonchev–Trinajstić information content (AvgIpc) is 2.99. The summed E-state index contributed by atoms with van der Waals surface area (Å²) in [6, 6.07) is 5.53. The fourth-order valence-corrected chi connectivity index (χ4v) is 3.81. The minimum Gasteiger partial charge on any atom is -0.491 e. The molecule has 4 N–H and O–H groups in total. The SMILES string of the molecule is NS(=O)(=O)c1cc(-c2conc2O)c(Nc2ccc(I)cc2Cl)c(F)c1F. The van der Waals surface area contributed by atoms with Crippen LogP contribution in [-0.4, -0.2) is 18.7 Å². The van der Waals surface area contributed by atoms with Gasteiger partial charge in [-0.15, -0.1) is 0 Å². The second-order valence-electron chi connectivity index (χ2n) is 5.27. The van der Waals surface area contributed by atoms with Crippen molar-refractivity contribution in [1.82, 2.24) is 5.16 Å². The Morgan fingerprint density at radius 2 is 1.93 bits per heavy atom. The zero-order valence-electron chi connectivity index (χ0n) is 13.0. The van der Waals surface area contributed by atoms with E-state index in [-0.39, 0.29) is 21.8 Å². The molecule has 0 atom stereocenters. The van der Waals surface area contributed by atoms with E-state index in [1.165, 1.54) is 6.07 Å². The Labute approximate surface area is 170 Å². The van der Waals surface area contributed by atoms with Gasteiger partial charge in [-0.1, -0.05) is 11.6 Å². The Balaban J connectivity index is 2.29. The monoisotopic (exact) mass is 527 g/mol. The molecule has 0 radical (unpaired) electrons. The van der Waals surface area contributed by atoms with E-state index < -0.39 is 38.1 Å². The number of aromatic nitrogens is 1. The number of hydrogen-bond acceptors (Lipinski definition) is 6. The van der Waals surface area contributed by atoms with Gasteiger partial charge >= 0.3 is 0 Å². The highest BCUT2D eigenvalue weighted by Gasteiger charge is 2.27. The molecule has 0 unspecified atom stereocenters. The van der Waals surface area contributed by atoms with Crippen LogP contribution in [0.4, 0.5) is 20.2 Å². The number of hydrogen-bond donors (Lipinski definition) is 3. The highest BCUT2D eigenvalue weighted by Crippen LogP contribution is 2.41. The van der Waals surface area contributed by atoms with E-state index in [9.17, 15) is 22.3 Å². The van der Waals surface area contributed by atoms with E-state index in [0.29, 0.717) is 0 Å². The molecule has 0 aliphatic carbocycles. The minimum atomic E-state index is -4.59. The second kappa shape index (κ2) is 7.22. The predicted molar refractivity (Wildman–Crippen MR) is 102 cm³/mol. The molecule has 7 nitrogen and oxygen atoms in total. The number of sulfonamides is 1. The maximum atomic E-state index is 14.7. The smallest absolute Gasteiger partial charge is 0.259 e. The lowest BCUT2D eigenvalue weighted by Gasteiger charge is -2.16. The lowest BCUT2D eigenvalue weighted by Crippen LogP contribution is -2.16. The summed E-state index contributed by atoms with van der Waals surface area (Å²) in [7, 11) is -4.59. The summed E-state index contributed by atoms with van der Waals surface area (Å²) < 4.78 is 57.7. The zero-order valence-corrected chi connectivity index (χ0v) is 16.7. The largest absolute Gasteiger partial charge is 0.491 e. The molecule has 3 aromatic rings. The number of aromatic hydroxyl groups is 1. The molecule has 0 bridgehead atoms. The van der Waals surface area contributed by atoms with Crippen molar-refractivity contribution in [3.8, 4) is 17.0 Å².